The number of benzene rings is 1. The van der Waals surface area contributed by atoms with Crippen LogP contribution in [0.3, 0.4) is 0 Å². The molecule has 1 aliphatic carbocycles. The van der Waals surface area contributed by atoms with Crippen molar-refractivity contribution in [1.82, 2.24) is 14.5 Å². The van der Waals surface area contributed by atoms with Gasteiger partial charge in [0, 0.05) is 31.2 Å². The van der Waals surface area contributed by atoms with E-state index >= 15 is 0 Å². The zero-order valence-electron chi connectivity index (χ0n) is 17.0. The zero-order valence-corrected chi connectivity index (χ0v) is 17.8. The van der Waals surface area contributed by atoms with Gasteiger partial charge in [0.15, 0.2) is 5.16 Å². The topological polar surface area (TPSA) is 72.3 Å². The minimum atomic E-state index is -0.103. The van der Waals surface area contributed by atoms with E-state index in [9.17, 15) is 14.4 Å². The minimum Gasteiger partial charge on any atom is -0.284 e. The molecule has 1 aliphatic heterocycles. The number of hydrogen-bond donors (Lipinski definition) is 0. The van der Waals surface area contributed by atoms with Gasteiger partial charge in [-0.1, -0.05) is 50.6 Å². The molecule has 1 aromatic heterocycles. The highest BCUT2D eigenvalue weighted by atomic mass is 32.2. The van der Waals surface area contributed by atoms with Gasteiger partial charge in [-0.25, -0.2) is 4.98 Å². The van der Waals surface area contributed by atoms with Gasteiger partial charge in [-0.05, 0) is 30.4 Å². The Morgan fingerprint density at radius 1 is 1.07 bits per heavy atom. The molecular formula is C22H27N3O3S. The lowest BCUT2D eigenvalue weighted by Gasteiger charge is -2.36. The first-order valence-corrected chi connectivity index (χ1v) is 11.4. The fourth-order valence-electron chi connectivity index (χ4n) is 4.54. The summed E-state index contributed by atoms with van der Waals surface area (Å²) in [7, 11) is 0. The van der Waals surface area contributed by atoms with Crippen molar-refractivity contribution in [3.05, 3.63) is 34.6 Å². The van der Waals surface area contributed by atoms with Crippen LogP contribution < -0.4 is 5.56 Å². The number of aromatic nitrogens is 2. The maximum Gasteiger partial charge on any atom is 0.262 e. The first-order chi connectivity index (χ1) is 14.0. The van der Waals surface area contributed by atoms with Crippen LogP contribution in [-0.2, 0) is 9.59 Å². The van der Waals surface area contributed by atoms with E-state index in [0.717, 1.165) is 12.8 Å². The number of imide groups is 1. The summed E-state index contributed by atoms with van der Waals surface area (Å²) in [5.74, 6) is 1.29. The Kier molecular flexibility index (Phi) is 5.76. The lowest BCUT2D eigenvalue weighted by atomic mass is 9.78. The quantitative estimate of drug-likeness (QED) is 0.425. The number of thioether (sulfide) groups is 1. The summed E-state index contributed by atoms with van der Waals surface area (Å²) in [4.78, 5) is 43.3. The van der Waals surface area contributed by atoms with Crippen molar-refractivity contribution >= 4 is 34.5 Å². The van der Waals surface area contributed by atoms with E-state index in [4.69, 9.17) is 4.98 Å². The first kappa shape index (κ1) is 20.1. The monoisotopic (exact) mass is 413 g/mol. The highest BCUT2D eigenvalue weighted by Crippen LogP contribution is 2.38. The van der Waals surface area contributed by atoms with E-state index in [-0.39, 0.29) is 23.4 Å². The van der Waals surface area contributed by atoms with Gasteiger partial charge < -0.3 is 0 Å². The highest BCUT2D eigenvalue weighted by Gasteiger charge is 2.32. The number of fused-ring (bicyclic) bond motifs is 1. The zero-order chi connectivity index (χ0) is 20.5. The third-order valence-electron chi connectivity index (χ3n) is 6.47. The summed E-state index contributed by atoms with van der Waals surface area (Å²) in [6.45, 7) is 4.85. The average Bonchev–Trinajstić information content (AvgIpc) is 3.03. The Bertz CT molecular complexity index is 986. The maximum atomic E-state index is 13.4. The summed E-state index contributed by atoms with van der Waals surface area (Å²) < 4.78 is 1.89. The van der Waals surface area contributed by atoms with E-state index in [1.807, 2.05) is 28.8 Å². The molecule has 2 fully saturated rings. The SMILES string of the molecule is C[C@@H]1[C@H](C)CCC[C@H]1n1c(SCCN2C(=O)CCC2=O)nc2ccccc2c1=O. The van der Waals surface area contributed by atoms with Crippen LogP contribution in [0.4, 0.5) is 0 Å². The number of carbonyl (C=O) groups is 2. The summed E-state index contributed by atoms with van der Waals surface area (Å²) >= 11 is 1.47. The third-order valence-corrected chi connectivity index (χ3v) is 7.40. The molecule has 154 valence electrons. The number of rotatable bonds is 5. The predicted molar refractivity (Wildman–Crippen MR) is 114 cm³/mol. The maximum absolute atomic E-state index is 13.4. The summed E-state index contributed by atoms with van der Waals surface area (Å²) in [5.41, 5.74) is 0.707. The van der Waals surface area contributed by atoms with E-state index in [2.05, 4.69) is 13.8 Å². The number of amides is 2. The average molecular weight is 414 g/mol. The van der Waals surface area contributed by atoms with Crippen LogP contribution in [-0.4, -0.2) is 38.6 Å². The molecule has 2 heterocycles. The molecule has 0 bridgehead atoms. The number of likely N-dealkylation sites (tertiary alicyclic amines) is 1. The van der Waals surface area contributed by atoms with E-state index in [0.29, 0.717) is 53.0 Å². The smallest absolute Gasteiger partial charge is 0.262 e. The largest absolute Gasteiger partial charge is 0.284 e. The van der Waals surface area contributed by atoms with Crippen molar-refractivity contribution in [2.45, 2.75) is 57.1 Å². The second-order valence-electron chi connectivity index (χ2n) is 8.21. The number of para-hydroxylation sites is 1. The van der Waals surface area contributed by atoms with Gasteiger partial charge in [-0.2, -0.15) is 0 Å². The minimum absolute atomic E-state index is 0.0115. The number of nitrogens with zero attached hydrogens (tertiary/aromatic N) is 3. The summed E-state index contributed by atoms with van der Waals surface area (Å²) in [6.07, 6.45) is 3.88. The van der Waals surface area contributed by atoms with E-state index in [1.165, 1.54) is 23.1 Å². The van der Waals surface area contributed by atoms with E-state index < -0.39 is 0 Å². The van der Waals surface area contributed by atoms with E-state index in [1.54, 1.807) is 0 Å². The van der Waals surface area contributed by atoms with Gasteiger partial charge in [0.05, 0.1) is 10.9 Å². The molecule has 1 aromatic carbocycles. The second kappa shape index (κ2) is 8.30. The van der Waals surface area contributed by atoms with Crippen molar-refractivity contribution in [3.63, 3.8) is 0 Å². The lowest BCUT2D eigenvalue weighted by Crippen LogP contribution is -2.36. The second-order valence-corrected chi connectivity index (χ2v) is 9.27. The van der Waals surface area contributed by atoms with Crippen LogP contribution in [0.1, 0.15) is 52.0 Å². The van der Waals surface area contributed by atoms with Crippen molar-refractivity contribution < 1.29 is 9.59 Å². The van der Waals surface area contributed by atoms with Crippen molar-refractivity contribution in [2.24, 2.45) is 11.8 Å². The normalized spacial score (nSPS) is 25.2. The van der Waals surface area contributed by atoms with Crippen molar-refractivity contribution in [1.29, 1.82) is 0 Å². The molecule has 29 heavy (non-hydrogen) atoms. The molecule has 0 unspecified atom stereocenters. The van der Waals surface area contributed by atoms with Crippen LogP contribution in [0.2, 0.25) is 0 Å². The molecule has 7 heteroatoms. The lowest BCUT2D eigenvalue weighted by molar-refractivity contribution is -0.137. The molecule has 0 radical (unpaired) electrons. The Morgan fingerprint density at radius 2 is 1.79 bits per heavy atom. The molecule has 2 amide bonds. The first-order valence-electron chi connectivity index (χ1n) is 10.4. The molecule has 2 aliphatic rings. The van der Waals surface area contributed by atoms with Gasteiger partial charge in [-0.3, -0.25) is 23.9 Å². The summed E-state index contributed by atoms with van der Waals surface area (Å²) in [6, 6.07) is 7.60. The van der Waals surface area contributed by atoms with Crippen LogP contribution in [0, 0.1) is 11.8 Å². The number of hydrogen-bond acceptors (Lipinski definition) is 5. The Labute approximate surface area is 174 Å². The molecule has 0 N–H and O–H groups in total. The molecule has 2 aromatic rings. The van der Waals surface area contributed by atoms with Gasteiger partial charge in [0.25, 0.3) is 5.56 Å². The highest BCUT2D eigenvalue weighted by molar-refractivity contribution is 7.99. The standard InChI is InChI=1S/C22H27N3O3S/c1-14-6-5-9-18(15(14)2)25-21(28)16-7-3-4-8-17(16)23-22(25)29-13-12-24-19(26)10-11-20(24)27/h3-4,7-8,14-15,18H,5-6,9-13H2,1-2H3/t14-,15-,18-/m1/s1. The van der Waals surface area contributed by atoms with Crippen LogP contribution >= 0.6 is 11.8 Å². The molecule has 1 saturated carbocycles. The fraction of sp³-hybridized carbons (Fsp3) is 0.545. The van der Waals surface area contributed by atoms with Crippen LogP contribution in [0.5, 0.6) is 0 Å². The van der Waals surface area contributed by atoms with Gasteiger partial charge in [-0.15, -0.1) is 0 Å². The van der Waals surface area contributed by atoms with Crippen molar-refractivity contribution in [3.8, 4) is 0 Å². The molecule has 3 atom stereocenters. The number of carbonyl (C=O) groups excluding carboxylic acids is 2. The molecule has 4 rings (SSSR count). The van der Waals surface area contributed by atoms with Crippen LogP contribution in [0.15, 0.2) is 34.2 Å². The molecule has 1 saturated heterocycles. The Hall–Kier alpha value is -2.15. The Morgan fingerprint density at radius 3 is 2.55 bits per heavy atom. The summed E-state index contributed by atoms with van der Waals surface area (Å²) in [5, 5.41) is 1.34. The third kappa shape index (κ3) is 3.84. The predicted octanol–water partition coefficient (Wildman–Crippen LogP) is 3.63. The molecule has 0 spiro atoms. The van der Waals surface area contributed by atoms with Gasteiger partial charge in [0.2, 0.25) is 11.8 Å². The molecular weight excluding hydrogens is 386 g/mol. The Balaban J connectivity index is 1.67. The molecule has 6 nitrogen and oxygen atoms in total. The van der Waals surface area contributed by atoms with Crippen LogP contribution in [0.25, 0.3) is 10.9 Å². The van der Waals surface area contributed by atoms with Gasteiger partial charge in [0.1, 0.15) is 0 Å². The van der Waals surface area contributed by atoms with Crippen molar-refractivity contribution in [2.75, 3.05) is 12.3 Å². The van der Waals surface area contributed by atoms with Gasteiger partial charge >= 0.3 is 0 Å². The fourth-order valence-corrected chi connectivity index (χ4v) is 5.52.